The fraction of sp³-hybridized carbons (Fsp3) is 0.727. The molecule has 3 heteroatoms. The second kappa shape index (κ2) is 5.15. The first-order valence-corrected chi connectivity index (χ1v) is 4.84. The summed E-state index contributed by atoms with van der Waals surface area (Å²) in [7, 11) is 0. The molecule has 82 valence electrons. The molecule has 0 rings (SSSR count). The number of aliphatic carboxylic acids is 1. The molecule has 1 N–H and O–H groups in total. The number of nitrogens with zero attached hydrogens (tertiary/aromatic N) is 1. The molecule has 0 aliphatic rings. The van der Waals surface area contributed by atoms with Gasteiger partial charge in [-0.1, -0.05) is 12.2 Å². The van der Waals surface area contributed by atoms with Crippen LogP contribution in [0.15, 0.2) is 12.2 Å². The monoisotopic (exact) mass is 199 g/mol. The maximum Gasteiger partial charge on any atom is 0.304 e. The first kappa shape index (κ1) is 13.2. The highest BCUT2D eigenvalue weighted by atomic mass is 16.4. The van der Waals surface area contributed by atoms with Crippen molar-refractivity contribution in [1.82, 2.24) is 4.90 Å². The molecule has 0 aliphatic heterocycles. The SMILES string of the molecule is C=C(C)CN(CCC(=O)O)C(C)(C)C. The van der Waals surface area contributed by atoms with Gasteiger partial charge in [0.1, 0.15) is 0 Å². The van der Waals surface area contributed by atoms with Gasteiger partial charge in [-0.3, -0.25) is 9.69 Å². The lowest BCUT2D eigenvalue weighted by molar-refractivity contribution is -0.137. The Labute approximate surface area is 86.4 Å². The summed E-state index contributed by atoms with van der Waals surface area (Å²) in [5.41, 5.74) is 1.05. The Hall–Kier alpha value is -0.830. The van der Waals surface area contributed by atoms with Crippen LogP contribution in [0.5, 0.6) is 0 Å². The normalized spacial score (nSPS) is 11.8. The summed E-state index contributed by atoms with van der Waals surface area (Å²) >= 11 is 0. The van der Waals surface area contributed by atoms with Crippen molar-refractivity contribution in [2.75, 3.05) is 13.1 Å². The van der Waals surface area contributed by atoms with E-state index in [1.807, 2.05) is 6.92 Å². The summed E-state index contributed by atoms with van der Waals surface area (Å²) in [6, 6.07) is 0. The van der Waals surface area contributed by atoms with Crippen LogP contribution in [-0.4, -0.2) is 34.6 Å². The van der Waals surface area contributed by atoms with Crippen molar-refractivity contribution in [3.63, 3.8) is 0 Å². The van der Waals surface area contributed by atoms with Crippen LogP contribution >= 0.6 is 0 Å². The van der Waals surface area contributed by atoms with E-state index in [-0.39, 0.29) is 12.0 Å². The molecule has 0 aromatic heterocycles. The molecule has 0 saturated carbocycles. The third-order valence-corrected chi connectivity index (χ3v) is 2.01. The van der Waals surface area contributed by atoms with Gasteiger partial charge in [0.05, 0.1) is 6.42 Å². The number of hydrogen-bond acceptors (Lipinski definition) is 2. The summed E-state index contributed by atoms with van der Waals surface area (Å²) in [6.07, 6.45) is 0.185. The highest BCUT2D eigenvalue weighted by Crippen LogP contribution is 2.14. The molecule has 0 heterocycles. The molecule has 14 heavy (non-hydrogen) atoms. The third kappa shape index (κ3) is 5.75. The molecule has 0 fully saturated rings. The van der Waals surface area contributed by atoms with Gasteiger partial charge in [0.15, 0.2) is 0 Å². The summed E-state index contributed by atoms with van der Waals surface area (Å²) in [5, 5.41) is 8.61. The average Bonchev–Trinajstić information content (AvgIpc) is 1.94. The number of carbonyl (C=O) groups is 1. The van der Waals surface area contributed by atoms with Crippen molar-refractivity contribution >= 4 is 5.97 Å². The van der Waals surface area contributed by atoms with E-state index in [1.54, 1.807) is 0 Å². The molecule has 0 saturated heterocycles. The Balaban J connectivity index is 4.26. The molecule has 0 aromatic carbocycles. The van der Waals surface area contributed by atoms with E-state index in [0.29, 0.717) is 6.54 Å². The number of carboxylic acid groups (broad SMARTS) is 1. The number of hydrogen-bond donors (Lipinski definition) is 1. The fourth-order valence-corrected chi connectivity index (χ4v) is 1.21. The fourth-order valence-electron chi connectivity index (χ4n) is 1.21. The Morgan fingerprint density at radius 3 is 2.21 bits per heavy atom. The molecule has 0 aromatic rings. The summed E-state index contributed by atoms with van der Waals surface area (Å²) < 4.78 is 0. The first-order valence-electron chi connectivity index (χ1n) is 4.84. The second-order valence-electron chi connectivity index (χ2n) is 4.69. The van der Waals surface area contributed by atoms with Crippen LogP contribution < -0.4 is 0 Å². The average molecular weight is 199 g/mol. The number of rotatable bonds is 5. The van der Waals surface area contributed by atoms with Crippen molar-refractivity contribution in [3.05, 3.63) is 12.2 Å². The van der Waals surface area contributed by atoms with Crippen molar-refractivity contribution in [1.29, 1.82) is 0 Å². The lowest BCUT2D eigenvalue weighted by atomic mass is 10.0. The van der Waals surface area contributed by atoms with E-state index in [2.05, 4.69) is 32.3 Å². The van der Waals surface area contributed by atoms with Crippen LogP contribution in [0.3, 0.4) is 0 Å². The zero-order valence-electron chi connectivity index (χ0n) is 9.63. The lowest BCUT2D eigenvalue weighted by Gasteiger charge is -2.35. The molecule has 0 aliphatic carbocycles. The van der Waals surface area contributed by atoms with Crippen molar-refractivity contribution in [3.8, 4) is 0 Å². The Bertz CT molecular complexity index is 216. The van der Waals surface area contributed by atoms with Gasteiger partial charge in [-0.2, -0.15) is 0 Å². The molecule has 0 amide bonds. The first-order chi connectivity index (χ1) is 6.23. The van der Waals surface area contributed by atoms with Crippen LogP contribution in [0.4, 0.5) is 0 Å². The third-order valence-electron chi connectivity index (χ3n) is 2.01. The molecule has 3 nitrogen and oxygen atoms in total. The molecule has 0 unspecified atom stereocenters. The Morgan fingerprint density at radius 2 is 1.93 bits per heavy atom. The standard InChI is InChI=1S/C11H21NO2/c1-9(2)8-12(11(3,4)5)7-6-10(13)14/h1,6-8H2,2-5H3,(H,13,14). The van der Waals surface area contributed by atoms with Crippen molar-refractivity contribution < 1.29 is 9.90 Å². The van der Waals surface area contributed by atoms with Gasteiger partial charge in [0, 0.05) is 18.6 Å². The van der Waals surface area contributed by atoms with Crippen molar-refractivity contribution in [2.24, 2.45) is 0 Å². The molecule has 0 radical (unpaired) electrons. The van der Waals surface area contributed by atoms with Crippen LogP contribution in [0.2, 0.25) is 0 Å². The van der Waals surface area contributed by atoms with Gasteiger partial charge in [-0.25, -0.2) is 0 Å². The van der Waals surface area contributed by atoms with E-state index in [0.717, 1.165) is 12.1 Å². The van der Waals surface area contributed by atoms with Crippen LogP contribution in [0.1, 0.15) is 34.1 Å². The maximum atomic E-state index is 10.5. The highest BCUT2D eigenvalue weighted by molar-refractivity contribution is 5.66. The predicted octanol–water partition coefficient (Wildman–Crippen LogP) is 2.14. The highest BCUT2D eigenvalue weighted by Gasteiger charge is 2.21. The predicted molar refractivity (Wildman–Crippen MR) is 58.4 cm³/mol. The maximum absolute atomic E-state index is 10.5. The Kier molecular flexibility index (Phi) is 4.85. The minimum Gasteiger partial charge on any atom is -0.481 e. The topological polar surface area (TPSA) is 40.5 Å². The van der Waals surface area contributed by atoms with E-state index in [1.165, 1.54) is 0 Å². The van der Waals surface area contributed by atoms with Crippen LogP contribution in [0, 0.1) is 0 Å². The van der Waals surface area contributed by atoms with Crippen LogP contribution in [0.25, 0.3) is 0 Å². The van der Waals surface area contributed by atoms with E-state index >= 15 is 0 Å². The zero-order chi connectivity index (χ0) is 11.4. The van der Waals surface area contributed by atoms with Gasteiger partial charge < -0.3 is 5.11 Å². The van der Waals surface area contributed by atoms with Gasteiger partial charge >= 0.3 is 5.97 Å². The zero-order valence-corrected chi connectivity index (χ0v) is 9.63. The Morgan fingerprint density at radius 1 is 1.43 bits per heavy atom. The van der Waals surface area contributed by atoms with Gasteiger partial charge in [0.2, 0.25) is 0 Å². The largest absolute Gasteiger partial charge is 0.481 e. The van der Waals surface area contributed by atoms with E-state index < -0.39 is 5.97 Å². The van der Waals surface area contributed by atoms with E-state index in [9.17, 15) is 4.79 Å². The van der Waals surface area contributed by atoms with E-state index in [4.69, 9.17) is 5.11 Å². The van der Waals surface area contributed by atoms with Crippen molar-refractivity contribution in [2.45, 2.75) is 39.7 Å². The minimum absolute atomic E-state index is 0.00556. The van der Waals surface area contributed by atoms with Gasteiger partial charge in [-0.15, -0.1) is 0 Å². The second-order valence-corrected chi connectivity index (χ2v) is 4.69. The van der Waals surface area contributed by atoms with Crippen LogP contribution in [-0.2, 0) is 4.79 Å². The van der Waals surface area contributed by atoms with Gasteiger partial charge in [0.25, 0.3) is 0 Å². The minimum atomic E-state index is -0.749. The summed E-state index contributed by atoms with van der Waals surface area (Å²) in [6.45, 7) is 13.4. The molecule has 0 spiro atoms. The quantitative estimate of drug-likeness (QED) is 0.690. The molecular weight excluding hydrogens is 178 g/mol. The smallest absolute Gasteiger partial charge is 0.304 e. The van der Waals surface area contributed by atoms with Gasteiger partial charge in [-0.05, 0) is 27.7 Å². The summed E-state index contributed by atoms with van der Waals surface area (Å²) in [5.74, 6) is -0.749. The molecule has 0 bridgehead atoms. The summed E-state index contributed by atoms with van der Waals surface area (Å²) in [4.78, 5) is 12.6. The molecular formula is C11H21NO2. The lowest BCUT2D eigenvalue weighted by Crippen LogP contribution is -2.43. The number of carboxylic acids is 1. The molecule has 0 atom stereocenters.